The van der Waals surface area contributed by atoms with Crippen LogP contribution in [-0.2, 0) is 11.2 Å². The minimum atomic E-state index is -0.0597. The number of benzene rings is 1. The molecule has 0 bridgehead atoms. The van der Waals surface area contributed by atoms with Gasteiger partial charge in [-0.15, -0.1) is 0 Å². The first-order chi connectivity index (χ1) is 10.2. The molecular weight excluding hydrogens is 258 g/mol. The minimum Gasteiger partial charge on any atom is -0.374 e. The van der Waals surface area contributed by atoms with E-state index in [1.54, 1.807) is 0 Å². The summed E-state index contributed by atoms with van der Waals surface area (Å²) in [5, 5.41) is 0. The molecule has 1 fully saturated rings. The quantitative estimate of drug-likeness (QED) is 0.825. The molecule has 0 aromatic heterocycles. The molecule has 2 unspecified atom stereocenters. The summed E-state index contributed by atoms with van der Waals surface area (Å²) in [5.41, 5.74) is 9.66. The van der Waals surface area contributed by atoms with Crippen molar-refractivity contribution in [3.63, 3.8) is 0 Å². The Balaban J connectivity index is 1.69. The number of ether oxygens (including phenoxy) is 1. The van der Waals surface area contributed by atoms with Crippen molar-refractivity contribution in [3.05, 3.63) is 35.4 Å². The van der Waals surface area contributed by atoms with Crippen LogP contribution in [0, 0.1) is 0 Å². The van der Waals surface area contributed by atoms with Crippen LogP contribution in [0.2, 0.25) is 0 Å². The summed E-state index contributed by atoms with van der Waals surface area (Å²) in [6, 6.07) is 8.99. The van der Waals surface area contributed by atoms with E-state index in [0.717, 1.165) is 25.9 Å². The second kappa shape index (κ2) is 6.50. The topological polar surface area (TPSA) is 35.2 Å². The van der Waals surface area contributed by atoms with Gasteiger partial charge in [-0.2, -0.15) is 0 Å². The molecule has 3 rings (SSSR count). The van der Waals surface area contributed by atoms with Gasteiger partial charge in [0.05, 0.1) is 5.60 Å². The van der Waals surface area contributed by atoms with E-state index in [4.69, 9.17) is 10.5 Å². The highest BCUT2D eigenvalue weighted by Crippen LogP contribution is 2.42. The van der Waals surface area contributed by atoms with Crippen molar-refractivity contribution in [1.82, 2.24) is 0 Å². The van der Waals surface area contributed by atoms with Crippen LogP contribution >= 0.6 is 0 Å². The number of hydrogen-bond acceptors (Lipinski definition) is 2. The van der Waals surface area contributed by atoms with E-state index in [1.807, 2.05) is 0 Å². The first-order valence-electron chi connectivity index (χ1n) is 8.72. The molecule has 1 aromatic rings. The number of rotatable bonds is 5. The highest BCUT2D eigenvalue weighted by molar-refractivity contribution is 5.40. The summed E-state index contributed by atoms with van der Waals surface area (Å²) < 4.78 is 6.24. The Labute approximate surface area is 129 Å². The summed E-state index contributed by atoms with van der Waals surface area (Å²) in [6.07, 6.45) is 9.81. The normalized spacial score (nSPS) is 25.5. The molecule has 2 heteroatoms. The lowest BCUT2D eigenvalue weighted by Gasteiger charge is -2.42. The zero-order chi connectivity index (χ0) is 14.7. The van der Waals surface area contributed by atoms with Crippen molar-refractivity contribution in [1.29, 1.82) is 0 Å². The molecule has 2 aliphatic rings. The average Bonchev–Trinajstić information content (AvgIpc) is 2.71. The van der Waals surface area contributed by atoms with E-state index in [-0.39, 0.29) is 11.6 Å². The van der Waals surface area contributed by atoms with Crippen LogP contribution in [-0.4, -0.2) is 18.2 Å². The SMILES string of the molecule is CCOC1(C(N)CC2Cc3ccccc32)CCCCCC1. The van der Waals surface area contributed by atoms with Crippen LogP contribution < -0.4 is 5.73 Å². The molecule has 1 aromatic carbocycles. The van der Waals surface area contributed by atoms with Crippen LogP contribution in [0.3, 0.4) is 0 Å². The monoisotopic (exact) mass is 287 g/mol. The van der Waals surface area contributed by atoms with Crippen molar-refractivity contribution in [2.24, 2.45) is 5.73 Å². The predicted molar refractivity (Wildman–Crippen MR) is 87.5 cm³/mol. The molecule has 116 valence electrons. The summed E-state index contributed by atoms with van der Waals surface area (Å²) in [5.74, 6) is 0.650. The van der Waals surface area contributed by atoms with Crippen LogP contribution in [0.4, 0.5) is 0 Å². The molecule has 0 radical (unpaired) electrons. The second-order valence-corrected chi connectivity index (χ2v) is 6.85. The van der Waals surface area contributed by atoms with Gasteiger partial charge in [-0.05, 0) is 49.7 Å². The van der Waals surface area contributed by atoms with Crippen molar-refractivity contribution in [2.45, 2.75) is 75.9 Å². The maximum absolute atomic E-state index is 6.68. The predicted octanol–water partition coefficient (Wildman–Crippen LogP) is 4.17. The highest BCUT2D eigenvalue weighted by atomic mass is 16.5. The third-order valence-corrected chi connectivity index (χ3v) is 5.56. The Kier molecular flexibility index (Phi) is 4.66. The van der Waals surface area contributed by atoms with Gasteiger partial charge in [0.25, 0.3) is 0 Å². The maximum Gasteiger partial charge on any atom is 0.0832 e. The molecule has 0 aliphatic heterocycles. The first kappa shape index (κ1) is 15.1. The number of nitrogens with two attached hydrogens (primary N) is 1. The molecule has 0 amide bonds. The largest absolute Gasteiger partial charge is 0.374 e. The van der Waals surface area contributed by atoms with Gasteiger partial charge in [-0.25, -0.2) is 0 Å². The molecule has 0 heterocycles. The Hall–Kier alpha value is -0.860. The molecule has 0 spiro atoms. The molecule has 2 N–H and O–H groups in total. The van der Waals surface area contributed by atoms with Crippen molar-refractivity contribution in [2.75, 3.05) is 6.61 Å². The lowest BCUT2D eigenvalue weighted by atomic mass is 9.71. The zero-order valence-electron chi connectivity index (χ0n) is 13.3. The Morgan fingerprint density at radius 2 is 1.90 bits per heavy atom. The van der Waals surface area contributed by atoms with E-state index in [2.05, 4.69) is 31.2 Å². The van der Waals surface area contributed by atoms with Crippen LogP contribution in [0.5, 0.6) is 0 Å². The maximum atomic E-state index is 6.68. The van der Waals surface area contributed by atoms with Crippen molar-refractivity contribution >= 4 is 0 Å². The van der Waals surface area contributed by atoms with Gasteiger partial charge in [-0.3, -0.25) is 0 Å². The molecule has 0 saturated heterocycles. The highest BCUT2D eigenvalue weighted by Gasteiger charge is 2.40. The number of fused-ring (bicyclic) bond motifs is 1. The van der Waals surface area contributed by atoms with E-state index in [9.17, 15) is 0 Å². The van der Waals surface area contributed by atoms with Gasteiger partial charge in [0, 0.05) is 12.6 Å². The zero-order valence-corrected chi connectivity index (χ0v) is 13.3. The standard InChI is InChI=1S/C19H29NO/c1-2-21-19(11-7-3-4-8-12-19)18(20)14-16-13-15-9-5-6-10-17(15)16/h5-6,9-10,16,18H,2-4,7-8,11-14,20H2,1H3. The molecule has 2 atom stereocenters. The Bertz CT molecular complexity index is 462. The van der Waals surface area contributed by atoms with Gasteiger partial charge in [0.1, 0.15) is 0 Å². The van der Waals surface area contributed by atoms with Gasteiger partial charge in [0.15, 0.2) is 0 Å². The van der Waals surface area contributed by atoms with E-state index < -0.39 is 0 Å². The smallest absolute Gasteiger partial charge is 0.0832 e. The molecule has 1 saturated carbocycles. The van der Waals surface area contributed by atoms with Crippen molar-refractivity contribution in [3.8, 4) is 0 Å². The summed E-state index contributed by atoms with van der Waals surface area (Å²) in [7, 11) is 0. The van der Waals surface area contributed by atoms with E-state index >= 15 is 0 Å². The number of hydrogen-bond donors (Lipinski definition) is 1. The lowest BCUT2D eigenvalue weighted by molar-refractivity contribution is -0.0715. The fourth-order valence-electron chi connectivity index (χ4n) is 4.33. The third kappa shape index (κ3) is 3.02. The minimum absolute atomic E-state index is 0.0597. The summed E-state index contributed by atoms with van der Waals surface area (Å²) >= 11 is 0. The third-order valence-electron chi connectivity index (χ3n) is 5.56. The van der Waals surface area contributed by atoms with E-state index in [1.165, 1.54) is 43.2 Å². The Morgan fingerprint density at radius 1 is 1.19 bits per heavy atom. The lowest BCUT2D eigenvalue weighted by Crippen LogP contribution is -2.51. The fourth-order valence-corrected chi connectivity index (χ4v) is 4.33. The molecule has 21 heavy (non-hydrogen) atoms. The molecule has 2 nitrogen and oxygen atoms in total. The first-order valence-corrected chi connectivity index (χ1v) is 8.72. The summed E-state index contributed by atoms with van der Waals surface area (Å²) in [6.45, 7) is 2.90. The van der Waals surface area contributed by atoms with Gasteiger partial charge in [0.2, 0.25) is 0 Å². The second-order valence-electron chi connectivity index (χ2n) is 6.85. The van der Waals surface area contributed by atoms with Crippen LogP contribution in [0.25, 0.3) is 0 Å². The van der Waals surface area contributed by atoms with Crippen molar-refractivity contribution < 1.29 is 4.74 Å². The van der Waals surface area contributed by atoms with Crippen LogP contribution in [0.1, 0.15) is 68.9 Å². The average molecular weight is 287 g/mol. The van der Waals surface area contributed by atoms with Gasteiger partial charge >= 0.3 is 0 Å². The molecular formula is C19H29NO. The fraction of sp³-hybridized carbons (Fsp3) is 0.684. The Morgan fingerprint density at radius 3 is 2.57 bits per heavy atom. The summed E-state index contributed by atoms with van der Waals surface area (Å²) in [4.78, 5) is 0. The van der Waals surface area contributed by atoms with Gasteiger partial charge in [-0.1, -0.05) is 49.9 Å². The molecule has 2 aliphatic carbocycles. The van der Waals surface area contributed by atoms with E-state index in [0.29, 0.717) is 5.92 Å². The van der Waals surface area contributed by atoms with Crippen LogP contribution in [0.15, 0.2) is 24.3 Å². The van der Waals surface area contributed by atoms with Gasteiger partial charge < -0.3 is 10.5 Å².